The van der Waals surface area contributed by atoms with Crippen LogP contribution in [0.4, 0.5) is 9.59 Å². The van der Waals surface area contributed by atoms with Crippen LogP contribution in [0, 0.1) is 5.41 Å². The molecule has 2 amide bonds. The lowest BCUT2D eigenvalue weighted by Gasteiger charge is -2.42. The molecule has 1 atom stereocenters. The highest BCUT2D eigenvalue weighted by Crippen LogP contribution is 2.48. The molecule has 2 heterocycles. The van der Waals surface area contributed by atoms with Gasteiger partial charge < -0.3 is 30.3 Å². The number of benzene rings is 1. The Morgan fingerprint density at radius 1 is 1.07 bits per heavy atom. The zero-order valence-corrected chi connectivity index (χ0v) is 17.0. The minimum Gasteiger partial charge on any atom is -0.497 e. The Balaban J connectivity index is 2.18. The zero-order valence-electron chi connectivity index (χ0n) is 17.0. The van der Waals surface area contributed by atoms with Crippen LogP contribution in [0.1, 0.15) is 32.5 Å². The van der Waals surface area contributed by atoms with Crippen LogP contribution >= 0.6 is 0 Å². The van der Waals surface area contributed by atoms with Gasteiger partial charge in [-0.15, -0.1) is 5.06 Å². The van der Waals surface area contributed by atoms with Gasteiger partial charge >= 0.3 is 12.2 Å². The van der Waals surface area contributed by atoms with E-state index < -0.39 is 18.2 Å². The number of fused-ring (bicyclic) bond motifs is 1. The van der Waals surface area contributed by atoms with Crippen LogP contribution in [0.25, 0.3) is 11.1 Å². The molecule has 0 bridgehead atoms. The molecule has 1 aromatic heterocycles. The number of primary amides is 2. The number of hydroxylamine groups is 2. The number of rotatable bonds is 4. The lowest BCUT2D eigenvalue weighted by atomic mass is 9.83. The number of amides is 2. The van der Waals surface area contributed by atoms with Crippen LogP contribution in [-0.2, 0) is 11.4 Å². The lowest BCUT2D eigenvalue weighted by molar-refractivity contribution is -0.168. The third-order valence-electron chi connectivity index (χ3n) is 4.81. The van der Waals surface area contributed by atoms with Crippen molar-refractivity contribution in [3.8, 4) is 22.6 Å². The van der Waals surface area contributed by atoms with Crippen LogP contribution in [0.3, 0.4) is 0 Å². The van der Waals surface area contributed by atoms with Gasteiger partial charge in [-0.1, -0.05) is 32.9 Å². The number of carbonyl (C=O) groups is 2. The number of aromatic nitrogens is 1. The maximum atomic E-state index is 11.7. The Bertz CT molecular complexity index is 914. The van der Waals surface area contributed by atoms with E-state index in [1.54, 1.807) is 7.11 Å². The summed E-state index contributed by atoms with van der Waals surface area (Å²) in [6.07, 6.45) is 0.0943. The van der Waals surface area contributed by atoms with E-state index in [1.165, 1.54) is 5.06 Å². The summed E-state index contributed by atoms with van der Waals surface area (Å²) in [6.45, 7) is 6.95. The molecule has 1 aliphatic rings. The van der Waals surface area contributed by atoms with Gasteiger partial charge in [0.25, 0.3) is 0 Å². The van der Waals surface area contributed by atoms with Gasteiger partial charge in [0.1, 0.15) is 5.75 Å². The second-order valence-corrected chi connectivity index (χ2v) is 7.92. The van der Waals surface area contributed by atoms with E-state index in [9.17, 15) is 9.59 Å². The second kappa shape index (κ2) is 7.67. The summed E-state index contributed by atoms with van der Waals surface area (Å²) in [4.78, 5) is 28.4. The Hall–Kier alpha value is -3.20. The summed E-state index contributed by atoms with van der Waals surface area (Å²) in [7, 11) is 1.59. The number of nitrogens with zero attached hydrogens (tertiary/aromatic N) is 2. The number of nitrogens with two attached hydrogens (primary N) is 2. The molecule has 9 nitrogen and oxygen atoms in total. The number of hydrogen-bond acceptors (Lipinski definition) is 6. The Morgan fingerprint density at radius 3 is 2.24 bits per heavy atom. The van der Waals surface area contributed by atoms with Crippen molar-refractivity contribution in [3.05, 3.63) is 36.2 Å². The Labute approximate surface area is 169 Å². The highest BCUT2D eigenvalue weighted by molar-refractivity contribution is 5.78. The summed E-state index contributed by atoms with van der Waals surface area (Å²) in [6, 6.07) is 6.98. The average molecular weight is 402 g/mol. The summed E-state index contributed by atoms with van der Waals surface area (Å²) in [5.74, 6) is 1.05. The SMILES string of the molecule is COc1ccc(-c2cn3c(c2OC(N)=O)C(C(C)(C)C)N(OC(N)=O)CC3)cc1. The van der Waals surface area contributed by atoms with Crippen LogP contribution in [0.5, 0.6) is 11.5 Å². The first-order valence-corrected chi connectivity index (χ1v) is 9.20. The third-order valence-corrected chi connectivity index (χ3v) is 4.81. The lowest BCUT2D eigenvalue weighted by Crippen LogP contribution is -2.45. The molecule has 1 aliphatic heterocycles. The fraction of sp³-hybridized carbons (Fsp3) is 0.400. The van der Waals surface area contributed by atoms with Crippen LogP contribution < -0.4 is 20.9 Å². The fourth-order valence-corrected chi connectivity index (χ4v) is 3.73. The van der Waals surface area contributed by atoms with Crippen molar-refractivity contribution < 1.29 is 23.9 Å². The van der Waals surface area contributed by atoms with E-state index in [0.717, 1.165) is 5.56 Å². The molecule has 3 rings (SSSR count). The highest BCUT2D eigenvalue weighted by atomic mass is 16.7. The summed E-state index contributed by atoms with van der Waals surface area (Å²) < 4.78 is 12.7. The molecule has 4 N–H and O–H groups in total. The molecular formula is C20H26N4O5. The molecule has 0 saturated carbocycles. The van der Waals surface area contributed by atoms with E-state index >= 15 is 0 Å². The number of hydrogen-bond donors (Lipinski definition) is 2. The van der Waals surface area contributed by atoms with E-state index in [0.29, 0.717) is 35.8 Å². The van der Waals surface area contributed by atoms with Gasteiger partial charge in [-0.2, -0.15) is 0 Å². The van der Waals surface area contributed by atoms with Gasteiger partial charge in [0.15, 0.2) is 5.75 Å². The van der Waals surface area contributed by atoms with E-state index in [1.807, 2.05) is 55.8 Å². The van der Waals surface area contributed by atoms with E-state index in [2.05, 4.69) is 0 Å². The predicted molar refractivity (Wildman–Crippen MR) is 106 cm³/mol. The predicted octanol–water partition coefficient (Wildman–Crippen LogP) is 3.03. The van der Waals surface area contributed by atoms with Gasteiger partial charge in [0.2, 0.25) is 0 Å². The molecule has 1 aromatic carbocycles. The van der Waals surface area contributed by atoms with Crippen molar-refractivity contribution >= 4 is 12.2 Å². The van der Waals surface area contributed by atoms with Gasteiger partial charge in [-0.05, 0) is 23.1 Å². The van der Waals surface area contributed by atoms with Crippen LogP contribution in [0.2, 0.25) is 0 Å². The number of methoxy groups -OCH3 is 1. The van der Waals surface area contributed by atoms with Crippen molar-refractivity contribution in [3.63, 3.8) is 0 Å². The smallest absolute Gasteiger partial charge is 0.423 e. The first-order chi connectivity index (χ1) is 13.6. The molecular weight excluding hydrogens is 376 g/mol. The van der Waals surface area contributed by atoms with Gasteiger partial charge in [0.05, 0.1) is 25.4 Å². The molecule has 0 spiro atoms. The number of ether oxygens (including phenoxy) is 2. The monoisotopic (exact) mass is 402 g/mol. The van der Waals surface area contributed by atoms with Gasteiger partial charge in [-0.3, -0.25) is 0 Å². The molecule has 0 saturated heterocycles. The average Bonchev–Trinajstić information content (AvgIpc) is 2.98. The Kier molecular flexibility index (Phi) is 5.43. The molecule has 9 heteroatoms. The molecule has 29 heavy (non-hydrogen) atoms. The molecule has 2 aromatic rings. The second-order valence-electron chi connectivity index (χ2n) is 7.92. The van der Waals surface area contributed by atoms with Crippen molar-refractivity contribution in [2.75, 3.05) is 13.7 Å². The largest absolute Gasteiger partial charge is 0.497 e. The van der Waals surface area contributed by atoms with Crippen molar-refractivity contribution in [1.82, 2.24) is 9.63 Å². The molecule has 1 unspecified atom stereocenters. The van der Waals surface area contributed by atoms with Crippen molar-refractivity contribution in [2.24, 2.45) is 16.9 Å². The summed E-state index contributed by atoms with van der Waals surface area (Å²) in [5.41, 5.74) is 12.5. The van der Waals surface area contributed by atoms with E-state index in [-0.39, 0.29) is 5.41 Å². The van der Waals surface area contributed by atoms with Crippen molar-refractivity contribution in [1.29, 1.82) is 0 Å². The standard InChI is InChI=1S/C20H26N4O5/c1-20(2,3)17-15-16(28-18(21)25)14(12-5-7-13(27-4)8-6-12)11-23(15)9-10-24(17)29-19(22)26/h5-8,11,17H,9-10H2,1-4H3,(H2,21,25)(H2,22,26). The first-order valence-electron chi connectivity index (χ1n) is 9.20. The minimum atomic E-state index is -0.922. The van der Waals surface area contributed by atoms with Crippen molar-refractivity contribution in [2.45, 2.75) is 33.4 Å². The molecule has 0 fully saturated rings. The van der Waals surface area contributed by atoms with Crippen LogP contribution in [0.15, 0.2) is 30.5 Å². The van der Waals surface area contributed by atoms with Gasteiger partial charge in [0, 0.05) is 18.3 Å². The first kappa shape index (κ1) is 20.5. The summed E-state index contributed by atoms with van der Waals surface area (Å²) >= 11 is 0. The quantitative estimate of drug-likeness (QED) is 0.810. The summed E-state index contributed by atoms with van der Waals surface area (Å²) in [5, 5.41) is 1.53. The normalized spacial score (nSPS) is 16.8. The minimum absolute atomic E-state index is 0.334. The topological polar surface area (TPSA) is 122 Å². The fourth-order valence-electron chi connectivity index (χ4n) is 3.73. The number of carbonyl (C=O) groups excluding carboxylic acids is 2. The maximum absolute atomic E-state index is 11.7. The third kappa shape index (κ3) is 4.14. The molecule has 156 valence electrons. The molecule has 0 aliphatic carbocycles. The Morgan fingerprint density at radius 2 is 1.72 bits per heavy atom. The zero-order chi connectivity index (χ0) is 21.3. The highest BCUT2D eigenvalue weighted by Gasteiger charge is 2.42. The van der Waals surface area contributed by atoms with Gasteiger partial charge in [-0.25, -0.2) is 9.59 Å². The molecule has 0 radical (unpaired) electrons. The maximum Gasteiger partial charge on any atom is 0.423 e. The van der Waals surface area contributed by atoms with E-state index in [4.69, 9.17) is 25.8 Å². The van der Waals surface area contributed by atoms with Crippen LogP contribution in [-0.4, -0.2) is 35.5 Å².